The van der Waals surface area contributed by atoms with E-state index in [9.17, 15) is 18.4 Å². The third-order valence-electron chi connectivity index (χ3n) is 3.57. The van der Waals surface area contributed by atoms with Gasteiger partial charge in [-0.2, -0.15) is 5.06 Å². The van der Waals surface area contributed by atoms with E-state index in [4.69, 9.17) is 9.94 Å². The van der Waals surface area contributed by atoms with Gasteiger partial charge in [0.05, 0.1) is 12.0 Å². The first-order valence-electron chi connectivity index (χ1n) is 6.20. The van der Waals surface area contributed by atoms with Crippen LogP contribution in [-0.4, -0.2) is 48.3 Å². The minimum atomic E-state index is -4.24. The predicted molar refractivity (Wildman–Crippen MR) is 70.6 cm³/mol. The summed E-state index contributed by atoms with van der Waals surface area (Å²) in [6.07, 6.45) is 0.184. The fraction of sp³-hybridized carbons (Fsp3) is 0.417. The molecule has 1 fully saturated rings. The highest BCUT2D eigenvalue weighted by atomic mass is 32.2. The number of methoxy groups -OCH3 is 1. The zero-order chi connectivity index (χ0) is 15.7. The lowest BCUT2D eigenvalue weighted by Gasteiger charge is -2.31. The summed E-state index contributed by atoms with van der Waals surface area (Å²) in [5, 5.41) is 19.2. The molecule has 1 heterocycles. The highest BCUT2D eigenvalue weighted by Crippen LogP contribution is 2.37. The molecular weight excluding hydrogens is 300 g/mol. The van der Waals surface area contributed by atoms with Crippen molar-refractivity contribution in [3.63, 3.8) is 0 Å². The van der Waals surface area contributed by atoms with Crippen LogP contribution in [-0.2, 0) is 14.6 Å². The molecule has 0 spiro atoms. The van der Waals surface area contributed by atoms with Gasteiger partial charge < -0.3 is 9.94 Å². The molecule has 21 heavy (non-hydrogen) atoms. The zero-order valence-electron chi connectivity index (χ0n) is 11.3. The van der Waals surface area contributed by atoms with Gasteiger partial charge in [0.15, 0.2) is 0 Å². The summed E-state index contributed by atoms with van der Waals surface area (Å²) in [5.74, 6) is -0.722. The maximum atomic E-state index is 12.8. The molecule has 1 aromatic carbocycles. The molecule has 0 saturated carbocycles. The van der Waals surface area contributed by atoms with Gasteiger partial charge in [0, 0.05) is 6.54 Å². The van der Waals surface area contributed by atoms with Crippen LogP contribution in [0.1, 0.15) is 12.8 Å². The second-order valence-electron chi connectivity index (χ2n) is 4.63. The summed E-state index contributed by atoms with van der Waals surface area (Å²) in [6, 6.07) is 5.45. The molecule has 9 heteroatoms. The maximum absolute atomic E-state index is 12.8. The molecule has 2 rings (SSSR count). The third-order valence-corrected chi connectivity index (χ3v) is 5.96. The van der Waals surface area contributed by atoms with Crippen LogP contribution in [0, 0.1) is 0 Å². The predicted octanol–water partition coefficient (Wildman–Crippen LogP) is 0.156. The van der Waals surface area contributed by atoms with Crippen LogP contribution in [0.15, 0.2) is 29.2 Å². The lowest BCUT2D eigenvalue weighted by Crippen LogP contribution is -2.58. The summed E-state index contributed by atoms with van der Waals surface area (Å²) >= 11 is 0. The van der Waals surface area contributed by atoms with E-state index in [0.717, 1.165) is 0 Å². The normalized spacial score (nSPS) is 23.0. The van der Waals surface area contributed by atoms with Crippen LogP contribution < -0.4 is 10.2 Å². The highest BCUT2D eigenvalue weighted by Gasteiger charge is 2.58. The number of carbonyl (C=O) groups excluding carboxylic acids is 1. The van der Waals surface area contributed by atoms with Gasteiger partial charge in [-0.3, -0.25) is 10.0 Å². The fourth-order valence-corrected chi connectivity index (χ4v) is 4.40. The van der Waals surface area contributed by atoms with Gasteiger partial charge in [0.2, 0.25) is 14.7 Å². The molecule has 1 aliphatic rings. The Bertz CT molecular complexity index is 630. The number of sulfone groups is 1. The molecule has 0 radical (unpaired) electrons. The van der Waals surface area contributed by atoms with E-state index < -0.39 is 20.6 Å². The second kappa shape index (κ2) is 5.60. The first-order valence-corrected chi connectivity index (χ1v) is 7.68. The van der Waals surface area contributed by atoms with Gasteiger partial charge in [-0.05, 0) is 37.1 Å². The molecule has 8 nitrogen and oxygen atoms in total. The largest absolute Gasteiger partial charge is 0.497 e. The zero-order valence-corrected chi connectivity index (χ0v) is 12.1. The topological polar surface area (TPSA) is 116 Å². The van der Waals surface area contributed by atoms with Crippen molar-refractivity contribution in [3.8, 4) is 5.75 Å². The monoisotopic (exact) mass is 316 g/mol. The molecular formula is C12H16N2O6S. The number of hydrogen-bond acceptors (Lipinski definition) is 7. The van der Waals surface area contributed by atoms with Crippen molar-refractivity contribution in [1.29, 1.82) is 0 Å². The van der Waals surface area contributed by atoms with Crippen LogP contribution in [0.25, 0.3) is 0 Å². The molecule has 116 valence electrons. The molecule has 1 aromatic rings. The maximum Gasteiger partial charge on any atom is 0.282 e. The van der Waals surface area contributed by atoms with Gasteiger partial charge in [-0.1, -0.05) is 0 Å². The number of hydrogen-bond donors (Lipinski definition) is 3. The lowest BCUT2D eigenvalue weighted by atomic mass is 10.2. The van der Waals surface area contributed by atoms with Crippen molar-refractivity contribution in [3.05, 3.63) is 24.3 Å². The number of benzene rings is 1. The van der Waals surface area contributed by atoms with Crippen LogP contribution in [0.2, 0.25) is 0 Å². The summed E-state index contributed by atoms with van der Waals surface area (Å²) in [5.41, 5.74) is 1.33. The number of nitrogens with zero attached hydrogens (tertiary/aromatic N) is 1. The molecule has 1 atom stereocenters. The molecule has 1 saturated heterocycles. The average molecular weight is 316 g/mol. The second-order valence-corrected chi connectivity index (χ2v) is 6.78. The number of ether oxygens (including phenoxy) is 1. The molecule has 3 N–H and O–H groups in total. The van der Waals surface area contributed by atoms with E-state index in [1.54, 1.807) is 0 Å². The van der Waals surface area contributed by atoms with Crippen molar-refractivity contribution in [1.82, 2.24) is 10.5 Å². The summed E-state index contributed by atoms with van der Waals surface area (Å²) in [4.78, 5) is 9.55. The molecule has 1 unspecified atom stereocenters. The van der Waals surface area contributed by atoms with Gasteiger partial charge in [-0.15, -0.1) is 0 Å². The van der Waals surface area contributed by atoms with Crippen LogP contribution in [0.3, 0.4) is 0 Å². The van der Waals surface area contributed by atoms with E-state index in [1.807, 2.05) is 0 Å². The number of nitrogens with one attached hydrogen (secondary N) is 1. The van der Waals surface area contributed by atoms with Gasteiger partial charge >= 0.3 is 0 Å². The van der Waals surface area contributed by atoms with Crippen molar-refractivity contribution in [2.24, 2.45) is 0 Å². The lowest BCUT2D eigenvalue weighted by molar-refractivity contribution is -0.160. The van der Waals surface area contributed by atoms with Crippen molar-refractivity contribution >= 4 is 15.7 Å². The van der Waals surface area contributed by atoms with E-state index in [-0.39, 0.29) is 17.9 Å². The van der Waals surface area contributed by atoms with Crippen LogP contribution in [0.4, 0.5) is 0 Å². The Kier molecular flexibility index (Phi) is 4.19. The number of hydroxylamine groups is 3. The van der Waals surface area contributed by atoms with E-state index in [1.165, 1.54) is 36.9 Å². The Morgan fingerprint density at radius 1 is 1.38 bits per heavy atom. The molecule has 0 aliphatic carbocycles. The minimum Gasteiger partial charge on any atom is -0.497 e. The van der Waals surface area contributed by atoms with Crippen molar-refractivity contribution in [2.45, 2.75) is 22.6 Å². The molecule has 1 amide bonds. The van der Waals surface area contributed by atoms with E-state index in [2.05, 4.69) is 0 Å². The van der Waals surface area contributed by atoms with E-state index in [0.29, 0.717) is 17.2 Å². The first-order chi connectivity index (χ1) is 9.90. The number of rotatable bonds is 4. The smallest absolute Gasteiger partial charge is 0.282 e. The highest BCUT2D eigenvalue weighted by molar-refractivity contribution is 7.93. The van der Waals surface area contributed by atoms with Gasteiger partial charge in [0.25, 0.3) is 5.91 Å². The van der Waals surface area contributed by atoms with Crippen LogP contribution >= 0.6 is 0 Å². The van der Waals surface area contributed by atoms with Crippen LogP contribution in [0.5, 0.6) is 5.75 Å². The van der Waals surface area contributed by atoms with Crippen molar-refractivity contribution in [2.75, 3.05) is 13.7 Å². The Labute approximate surface area is 121 Å². The van der Waals surface area contributed by atoms with Gasteiger partial charge in [-0.25, -0.2) is 13.9 Å². The number of amides is 1. The Balaban J connectivity index is 2.55. The average Bonchev–Trinajstić information content (AvgIpc) is 2.89. The summed E-state index contributed by atoms with van der Waals surface area (Å²) in [6.45, 7) is 0.0167. The number of carbonyl (C=O) groups is 1. The Morgan fingerprint density at radius 2 is 2.00 bits per heavy atom. The molecule has 0 bridgehead atoms. The Morgan fingerprint density at radius 3 is 2.43 bits per heavy atom. The Hall–Kier alpha value is -1.68. The SMILES string of the molecule is COc1ccc(S(=O)(=O)C2(C(=O)NO)CCCN2O)cc1. The van der Waals surface area contributed by atoms with Crippen molar-refractivity contribution < 1.29 is 28.4 Å². The third kappa shape index (κ3) is 2.27. The molecule has 1 aliphatic heterocycles. The van der Waals surface area contributed by atoms with Gasteiger partial charge in [0.1, 0.15) is 5.75 Å². The standard InChI is InChI=1S/C12H16N2O6S/c1-20-9-3-5-10(6-4-9)21(18,19)12(11(15)13-16)7-2-8-14(12)17/h3-6,16-17H,2,7-8H2,1H3,(H,13,15). The first kappa shape index (κ1) is 15.7. The molecule has 0 aromatic heterocycles. The quantitative estimate of drug-likeness (QED) is 0.535. The van der Waals surface area contributed by atoms with E-state index >= 15 is 0 Å². The fourth-order valence-electron chi connectivity index (χ4n) is 2.44. The minimum absolute atomic E-state index is 0.0167. The summed E-state index contributed by atoms with van der Waals surface area (Å²) < 4.78 is 30.5. The summed E-state index contributed by atoms with van der Waals surface area (Å²) in [7, 11) is -2.80.